The standard InChI is InChI=1S/C20H15F2N3OS/c1-12-5-2-3-6-14(12)16-10-18-23-13(9-19(26)25(18)24-16)11-27-17-8-4-7-15(21)20(17)22/h2-10,24H,11H2,1H3. The van der Waals surface area contributed by atoms with Crippen LogP contribution in [0.3, 0.4) is 0 Å². The quantitative estimate of drug-likeness (QED) is 0.525. The van der Waals surface area contributed by atoms with E-state index >= 15 is 0 Å². The zero-order valence-corrected chi connectivity index (χ0v) is 15.2. The van der Waals surface area contributed by atoms with Crippen molar-refractivity contribution in [2.45, 2.75) is 17.6 Å². The Balaban J connectivity index is 1.66. The number of aromatic amines is 1. The van der Waals surface area contributed by atoms with Gasteiger partial charge in [-0.15, -0.1) is 11.8 Å². The van der Waals surface area contributed by atoms with Crippen LogP contribution in [-0.2, 0) is 5.75 Å². The van der Waals surface area contributed by atoms with Gasteiger partial charge in [-0.3, -0.25) is 9.89 Å². The maximum Gasteiger partial charge on any atom is 0.272 e. The van der Waals surface area contributed by atoms with E-state index in [4.69, 9.17) is 0 Å². The van der Waals surface area contributed by atoms with Gasteiger partial charge in [-0.2, -0.15) is 0 Å². The number of halogens is 2. The van der Waals surface area contributed by atoms with Gasteiger partial charge < -0.3 is 0 Å². The largest absolute Gasteiger partial charge is 0.289 e. The smallest absolute Gasteiger partial charge is 0.272 e. The highest BCUT2D eigenvalue weighted by molar-refractivity contribution is 7.98. The minimum Gasteiger partial charge on any atom is -0.289 e. The third-order valence-corrected chi connectivity index (χ3v) is 5.30. The molecule has 0 amide bonds. The molecule has 7 heteroatoms. The first-order valence-corrected chi connectivity index (χ1v) is 9.26. The van der Waals surface area contributed by atoms with Crippen LogP contribution in [0.25, 0.3) is 16.9 Å². The number of rotatable bonds is 4. The van der Waals surface area contributed by atoms with Crippen molar-refractivity contribution in [3.05, 3.63) is 87.8 Å². The number of hydrogen-bond donors (Lipinski definition) is 1. The lowest BCUT2D eigenvalue weighted by Crippen LogP contribution is -2.15. The van der Waals surface area contributed by atoms with Crippen molar-refractivity contribution < 1.29 is 8.78 Å². The first-order valence-electron chi connectivity index (χ1n) is 8.27. The van der Waals surface area contributed by atoms with E-state index in [-0.39, 0.29) is 16.2 Å². The van der Waals surface area contributed by atoms with Crippen LogP contribution in [0, 0.1) is 18.6 Å². The molecule has 0 saturated heterocycles. The highest BCUT2D eigenvalue weighted by Gasteiger charge is 2.12. The molecule has 0 atom stereocenters. The number of nitrogens with one attached hydrogen (secondary N) is 1. The summed E-state index contributed by atoms with van der Waals surface area (Å²) < 4.78 is 28.5. The van der Waals surface area contributed by atoms with Gasteiger partial charge in [0.25, 0.3) is 5.56 Å². The van der Waals surface area contributed by atoms with E-state index < -0.39 is 11.6 Å². The first kappa shape index (κ1) is 17.5. The van der Waals surface area contributed by atoms with Crippen molar-refractivity contribution in [3.63, 3.8) is 0 Å². The van der Waals surface area contributed by atoms with E-state index in [2.05, 4.69) is 10.1 Å². The molecule has 0 unspecified atom stereocenters. The predicted molar refractivity (Wildman–Crippen MR) is 102 cm³/mol. The number of aromatic nitrogens is 3. The zero-order valence-electron chi connectivity index (χ0n) is 14.4. The predicted octanol–water partition coefficient (Wildman–Crippen LogP) is 4.57. The molecule has 27 heavy (non-hydrogen) atoms. The molecule has 0 bridgehead atoms. The normalized spacial score (nSPS) is 11.2. The van der Waals surface area contributed by atoms with Gasteiger partial charge in [-0.1, -0.05) is 30.3 Å². The maximum atomic E-state index is 13.8. The molecule has 4 aromatic rings. The lowest BCUT2D eigenvalue weighted by atomic mass is 10.1. The molecular formula is C20H15F2N3OS. The molecule has 0 spiro atoms. The van der Waals surface area contributed by atoms with E-state index in [1.54, 1.807) is 6.07 Å². The fourth-order valence-electron chi connectivity index (χ4n) is 2.87. The molecule has 0 aliphatic carbocycles. The second kappa shape index (κ2) is 7.00. The number of fused-ring (bicyclic) bond motifs is 1. The van der Waals surface area contributed by atoms with Gasteiger partial charge in [0.2, 0.25) is 0 Å². The summed E-state index contributed by atoms with van der Waals surface area (Å²) in [6.07, 6.45) is 0. The highest BCUT2D eigenvalue weighted by atomic mass is 32.2. The molecule has 2 aromatic heterocycles. The lowest BCUT2D eigenvalue weighted by molar-refractivity contribution is 0.491. The number of aryl methyl sites for hydroxylation is 1. The molecule has 0 aliphatic heterocycles. The third kappa shape index (κ3) is 3.38. The molecule has 2 heterocycles. The first-order chi connectivity index (χ1) is 13.0. The molecule has 1 N–H and O–H groups in total. The Kier molecular flexibility index (Phi) is 4.53. The van der Waals surface area contributed by atoms with E-state index in [9.17, 15) is 13.6 Å². The Morgan fingerprint density at radius 3 is 2.74 bits per heavy atom. The second-order valence-electron chi connectivity index (χ2n) is 6.10. The van der Waals surface area contributed by atoms with Gasteiger partial charge >= 0.3 is 0 Å². The maximum absolute atomic E-state index is 13.8. The van der Waals surface area contributed by atoms with Crippen molar-refractivity contribution in [3.8, 4) is 11.3 Å². The number of thioether (sulfide) groups is 1. The van der Waals surface area contributed by atoms with Gasteiger partial charge in [0.1, 0.15) is 0 Å². The highest BCUT2D eigenvalue weighted by Crippen LogP contribution is 2.26. The number of H-pyrrole nitrogens is 1. The molecule has 4 nitrogen and oxygen atoms in total. The monoisotopic (exact) mass is 383 g/mol. The summed E-state index contributed by atoms with van der Waals surface area (Å²) in [5, 5.41) is 3.06. The average molecular weight is 383 g/mol. The van der Waals surface area contributed by atoms with Crippen molar-refractivity contribution in [1.29, 1.82) is 0 Å². The van der Waals surface area contributed by atoms with Gasteiger partial charge in [0, 0.05) is 28.3 Å². The summed E-state index contributed by atoms with van der Waals surface area (Å²) >= 11 is 1.10. The summed E-state index contributed by atoms with van der Waals surface area (Å²) in [5.41, 5.74) is 3.59. The molecule has 0 saturated carbocycles. The summed E-state index contributed by atoms with van der Waals surface area (Å²) in [4.78, 5) is 17.1. The Morgan fingerprint density at radius 1 is 1.11 bits per heavy atom. The topological polar surface area (TPSA) is 50.2 Å². The van der Waals surface area contributed by atoms with E-state index in [1.807, 2.05) is 31.2 Å². The van der Waals surface area contributed by atoms with Crippen molar-refractivity contribution >= 4 is 17.4 Å². The van der Waals surface area contributed by atoms with Gasteiger partial charge in [-0.25, -0.2) is 18.3 Å². The molecular weight excluding hydrogens is 368 g/mol. The van der Waals surface area contributed by atoms with E-state index in [1.165, 1.54) is 22.7 Å². The molecule has 0 aliphatic rings. The fourth-order valence-corrected chi connectivity index (χ4v) is 3.72. The van der Waals surface area contributed by atoms with Crippen LogP contribution in [0.5, 0.6) is 0 Å². The van der Waals surface area contributed by atoms with Gasteiger partial charge in [0.15, 0.2) is 17.3 Å². The van der Waals surface area contributed by atoms with Crippen LogP contribution in [-0.4, -0.2) is 14.6 Å². The summed E-state index contributed by atoms with van der Waals surface area (Å²) in [6.45, 7) is 1.99. The van der Waals surface area contributed by atoms with Crippen molar-refractivity contribution in [1.82, 2.24) is 14.6 Å². The van der Waals surface area contributed by atoms with Crippen LogP contribution in [0.1, 0.15) is 11.3 Å². The lowest BCUT2D eigenvalue weighted by Gasteiger charge is -2.04. The second-order valence-corrected chi connectivity index (χ2v) is 7.12. The molecule has 136 valence electrons. The van der Waals surface area contributed by atoms with Crippen LogP contribution in [0.15, 0.2) is 64.3 Å². The molecule has 4 rings (SSSR count). The number of benzene rings is 2. The zero-order chi connectivity index (χ0) is 19.0. The third-order valence-electron chi connectivity index (χ3n) is 4.23. The van der Waals surface area contributed by atoms with Gasteiger partial charge in [0.05, 0.1) is 11.4 Å². The Labute approximate surface area is 157 Å². The van der Waals surface area contributed by atoms with E-state index in [0.717, 1.165) is 34.6 Å². The Bertz CT molecular complexity index is 1200. The number of nitrogens with zero attached hydrogens (tertiary/aromatic N) is 2. The fraction of sp³-hybridized carbons (Fsp3) is 0.100. The minimum atomic E-state index is -0.892. The molecule has 0 radical (unpaired) electrons. The average Bonchev–Trinajstić information content (AvgIpc) is 3.08. The Morgan fingerprint density at radius 2 is 1.93 bits per heavy atom. The van der Waals surface area contributed by atoms with E-state index in [0.29, 0.717) is 11.3 Å². The van der Waals surface area contributed by atoms with Crippen molar-refractivity contribution in [2.24, 2.45) is 0 Å². The summed E-state index contributed by atoms with van der Waals surface area (Å²) in [6, 6.07) is 15.1. The SMILES string of the molecule is Cc1ccccc1-c1cc2nc(CSc3cccc(F)c3F)cc(=O)n2[nH]1. The van der Waals surface area contributed by atoms with Crippen LogP contribution in [0.4, 0.5) is 8.78 Å². The summed E-state index contributed by atoms with van der Waals surface area (Å²) in [7, 11) is 0. The van der Waals surface area contributed by atoms with Crippen LogP contribution < -0.4 is 5.56 Å². The Hall–Kier alpha value is -2.93. The molecule has 0 fully saturated rings. The van der Waals surface area contributed by atoms with Crippen LogP contribution >= 0.6 is 11.8 Å². The van der Waals surface area contributed by atoms with Crippen molar-refractivity contribution in [2.75, 3.05) is 0 Å². The summed E-state index contributed by atoms with van der Waals surface area (Å²) in [5.74, 6) is -1.52. The number of hydrogen-bond acceptors (Lipinski definition) is 3. The molecule has 2 aromatic carbocycles. The minimum absolute atomic E-state index is 0.187. The van der Waals surface area contributed by atoms with Crippen LogP contribution in [0.2, 0.25) is 0 Å². The van der Waals surface area contributed by atoms with Gasteiger partial charge in [-0.05, 0) is 24.6 Å².